The van der Waals surface area contributed by atoms with Crippen LogP contribution >= 0.6 is 23.4 Å². The topological polar surface area (TPSA) is 26.0 Å². The van der Waals surface area contributed by atoms with E-state index in [1.807, 2.05) is 0 Å². The average molecular weight is 268 g/mol. The standard InChI is InChI=1S/C13H14ClNOS/c1-17-11-6-4-10(5-7-11)12-9-15-13(16-12)3-2-8-14/h4-7,9H,2-3,8H2,1H3. The van der Waals surface area contributed by atoms with Gasteiger partial charge in [-0.2, -0.15) is 0 Å². The molecule has 1 aromatic carbocycles. The zero-order chi connectivity index (χ0) is 12.1. The lowest BCUT2D eigenvalue weighted by atomic mass is 10.2. The fraction of sp³-hybridized carbons (Fsp3) is 0.308. The molecule has 0 amide bonds. The summed E-state index contributed by atoms with van der Waals surface area (Å²) in [5, 5.41) is 0. The first-order valence-electron chi connectivity index (χ1n) is 5.48. The maximum Gasteiger partial charge on any atom is 0.194 e. The Kier molecular flexibility index (Phi) is 4.51. The van der Waals surface area contributed by atoms with Crippen molar-refractivity contribution in [1.82, 2.24) is 4.98 Å². The Labute approximate surface area is 110 Å². The van der Waals surface area contributed by atoms with E-state index in [1.165, 1.54) is 4.90 Å². The van der Waals surface area contributed by atoms with Crippen molar-refractivity contribution in [3.63, 3.8) is 0 Å². The number of aromatic nitrogens is 1. The quantitative estimate of drug-likeness (QED) is 0.599. The van der Waals surface area contributed by atoms with Crippen molar-refractivity contribution in [3.8, 4) is 11.3 Å². The summed E-state index contributed by atoms with van der Waals surface area (Å²) >= 11 is 7.36. The number of thioether (sulfide) groups is 1. The Morgan fingerprint density at radius 1 is 1.29 bits per heavy atom. The van der Waals surface area contributed by atoms with Crippen LogP contribution in [0.2, 0.25) is 0 Å². The van der Waals surface area contributed by atoms with Gasteiger partial charge < -0.3 is 4.42 Å². The fourth-order valence-electron chi connectivity index (χ4n) is 1.53. The lowest BCUT2D eigenvalue weighted by molar-refractivity contribution is 0.503. The van der Waals surface area contributed by atoms with E-state index in [2.05, 4.69) is 35.5 Å². The highest BCUT2D eigenvalue weighted by Gasteiger charge is 2.05. The second-order valence-electron chi connectivity index (χ2n) is 3.64. The average Bonchev–Trinajstić information content (AvgIpc) is 2.85. The van der Waals surface area contributed by atoms with Gasteiger partial charge in [-0.05, 0) is 24.8 Å². The SMILES string of the molecule is CSc1ccc(-c2cnc(CCCCl)o2)cc1. The second-order valence-corrected chi connectivity index (χ2v) is 4.90. The van der Waals surface area contributed by atoms with Crippen molar-refractivity contribution in [2.45, 2.75) is 17.7 Å². The van der Waals surface area contributed by atoms with Gasteiger partial charge >= 0.3 is 0 Å². The number of hydrogen-bond donors (Lipinski definition) is 0. The first-order valence-corrected chi connectivity index (χ1v) is 7.24. The maximum atomic E-state index is 5.67. The van der Waals surface area contributed by atoms with Gasteiger partial charge in [0.1, 0.15) is 0 Å². The highest BCUT2D eigenvalue weighted by Crippen LogP contribution is 2.23. The van der Waals surface area contributed by atoms with Gasteiger partial charge in [-0.3, -0.25) is 0 Å². The third-order valence-electron chi connectivity index (χ3n) is 2.45. The van der Waals surface area contributed by atoms with Crippen molar-refractivity contribution in [3.05, 3.63) is 36.4 Å². The number of hydrogen-bond acceptors (Lipinski definition) is 3. The van der Waals surface area contributed by atoms with E-state index in [0.29, 0.717) is 5.88 Å². The molecule has 0 bridgehead atoms. The van der Waals surface area contributed by atoms with E-state index in [1.54, 1.807) is 18.0 Å². The number of halogens is 1. The van der Waals surface area contributed by atoms with Crippen molar-refractivity contribution in [2.75, 3.05) is 12.1 Å². The Hall–Kier alpha value is -0.930. The van der Waals surface area contributed by atoms with E-state index >= 15 is 0 Å². The van der Waals surface area contributed by atoms with Crippen LogP contribution in [0.1, 0.15) is 12.3 Å². The second kappa shape index (κ2) is 6.12. The highest BCUT2D eigenvalue weighted by atomic mass is 35.5. The molecule has 90 valence electrons. The maximum absolute atomic E-state index is 5.67. The summed E-state index contributed by atoms with van der Waals surface area (Å²) in [5.41, 5.74) is 1.06. The Balaban J connectivity index is 2.12. The molecule has 0 spiro atoms. The van der Waals surface area contributed by atoms with Crippen LogP contribution in [0.4, 0.5) is 0 Å². The van der Waals surface area contributed by atoms with Crippen molar-refractivity contribution in [2.24, 2.45) is 0 Å². The smallest absolute Gasteiger partial charge is 0.194 e. The molecule has 0 atom stereocenters. The summed E-state index contributed by atoms with van der Waals surface area (Å²) in [5.74, 6) is 2.22. The minimum atomic E-state index is 0.639. The third kappa shape index (κ3) is 3.27. The van der Waals surface area contributed by atoms with Crippen LogP contribution < -0.4 is 0 Å². The summed E-state index contributed by atoms with van der Waals surface area (Å²) in [7, 11) is 0. The molecular formula is C13H14ClNOS. The van der Waals surface area contributed by atoms with Gasteiger partial charge in [-0.25, -0.2) is 4.98 Å². The van der Waals surface area contributed by atoms with Gasteiger partial charge in [0, 0.05) is 22.8 Å². The Bertz CT molecular complexity index is 467. The van der Waals surface area contributed by atoms with E-state index in [0.717, 1.165) is 30.1 Å². The first-order chi connectivity index (χ1) is 8.33. The van der Waals surface area contributed by atoms with Gasteiger partial charge in [-0.15, -0.1) is 23.4 Å². The van der Waals surface area contributed by atoms with Crippen LogP contribution in [0, 0.1) is 0 Å². The molecule has 0 radical (unpaired) electrons. The fourth-order valence-corrected chi connectivity index (χ4v) is 2.07. The molecule has 0 saturated heterocycles. The highest BCUT2D eigenvalue weighted by molar-refractivity contribution is 7.98. The lowest BCUT2D eigenvalue weighted by Crippen LogP contribution is -1.84. The number of aryl methyl sites for hydroxylation is 1. The molecule has 0 unspecified atom stereocenters. The van der Waals surface area contributed by atoms with Gasteiger partial charge in [-0.1, -0.05) is 12.1 Å². The molecule has 0 N–H and O–H groups in total. The Morgan fingerprint density at radius 2 is 2.06 bits per heavy atom. The minimum Gasteiger partial charge on any atom is -0.441 e. The van der Waals surface area contributed by atoms with Gasteiger partial charge in [0.15, 0.2) is 11.7 Å². The van der Waals surface area contributed by atoms with Crippen LogP contribution in [-0.2, 0) is 6.42 Å². The van der Waals surface area contributed by atoms with Crippen molar-refractivity contribution >= 4 is 23.4 Å². The Morgan fingerprint density at radius 3 is 2.71 bits per heavy atom. The van der Waals surface area contributed by atoms with Crippen molar-refractivity contribution < 1.29 is 4.42 Å². The van der Waals surface area contributed by atoms with E-state index in [-0.39, 0.29) is 0 Å². The molecule has 2 rings (SSSR count). The van der Waals surface area contributed by atoms with Crippen LogP contribution in [-0.4, -0.2) is 17.1 Å². The first kappa shape index (κ1) is 12.5. The van der Waals surface area contributed by atoms with Crippen molar-refractivity contribution in [1.29, 1.82) is 0 Å². The molecular weight excluding hydrogens is 254 g/mol. The van der Waals surface area contributed by atoms with Gasteiger partial charge in [0.2, 0.25) is 0 Å². The molecule has 17 heavy (non-hydrogen) atoms. The molecule has 2 aromatic rings. The predicted molar refractivity (Wildman–Crippen MR) is 72.8 cm³/mol. The molecule has 0 aliphatic carbocycles. The monoisotopic (exact) mass is 267 g/mol. The third-order valence-corrected chi connectivity index (χ3v) is 3.46. The number of oxazole rings is 1. The lowest BCUT2D eigenvalue weighted by Gasteiger charge is -1.98. The number of benzene rings is 1. The minimum absolute atomic E-state index is 0.639. The summed E-state index contributed by atoms with van der Waals surface area (Å²) in [6.07, 6.45) is 5.53. The normalized spacial score (nSPS) is 10.7. The van der Waals surface area contributed by atoms with E-state index in [4.69, 9.17) is 16.0 Å². The van der Waals surface area contributed by atoms with E-state index in [9.17, 15) is 0 Å². The summed E-state index contributed by atoms with van der Waals surface area (Å²) in [6, 6.07) is 8.28. The van der Waals surface area contributed by atoms with Crippen LogP contribution in [0.15, 0.2) is 39.8 Å². The van der Waals surface area contributed by atoms with Gasteiger partial charge in [0.25, 0.3) is 0 Å². The molecule has 2 nitrogen and oxygen atoms in total. The predicted octanol–water partition coefficient (Wildman–Crippen LogP) is 4.23. The van der Waals surface area contributed by atoms with Crippen LogP contribution in [0.5, 0.6) is 0 Å². The zero-order valence-electron chi connectivity index (χ0n) is 9.65. The van der Waals surface area contributed by atoms with E-state index < -0.39 is 0 Å². The summed E-state index contributed by atoms with van der Waals surface area (Å²) in [6.45, 7) is 0. The molecule has 1 aromatic heterocycles. The largest absolute Gasteiger partial charge is 0.441 e. The van der Waals surface area contributed by atoms with Gasteiger partial charge in [0.05, 0.1) is 6.20 Å². The van der Waals surface area contributed by atoms with Crippen LogP contribution in [0.25, 0.3) is 11.3 Å². The molecule has 0 aliphatic rings. The molecule has 0 saturated carbocycles. The number of alkyl halides is 1. The summed E-state index contributed by atoms with van der Waals surface area (Å²) in [4.78, 5) is 5.49. The molecule has 0 fully saturated rings. The molecule has 0 aliphatic heterocycles. The number of rotatable bonds is 5. The molecule has 4 heteroatoms. The molecule has 1 heterocycles. The number of nitrogens with zero attached hydrogens (tertiary/aromatic N) is 1. The zero-order valence-corrected chi connectivity index (χ0v) is 11.2. The summed E-state index contributed by atoms with van der Waals surface area (Å²) < 4.78 is 5.67. The van der Waals surface area contributed by atoms with Crippen LogP contribution in [0.3, 0.4) is 0 Å².